The van der Waals surface area contributed by atoms with Crippen molar-refractivity contribution in [3.63, 3.8) is 0 Å². The first kappa shape index (κ1) is 26.5. The van der Waals surface area contributed by atoms with Crippen LogP contribution in [0.1, 0.15) is 13.8 Å². The summed E-state index contributed by atoms with van der Waals surface area (Å²) in [7, 11) is -1.34. The molecular formula is C21H25N3O9S. The predicted molar refractivity (Wildman–Crippen MR) is 121 cm³/mol. The van der Waals surface area contributed by atoms with Gasteiger partial charge < -0.3 is 19.5 Å². The van der Waals surface area contributed by atoms with E-state index in [-0.39, 0.29) is 22.0 Å². The van der Waals surface area contributed by atoms with E-state index in [0.717, 1.165) is 6.07 Å². The minimum Gasteiger partial charge on any atom is -0.497 e. The van der Waals surface area contributed by atoms with Crippen molar-refractivity contribution < 1.29 is 37.1 Å². The molecule has 0 aromatic heterocycles. The predicted octanol–water partition coefficient (Wildman–Crippen LogP) is 2.10. The first-order valence-corrected chi connectivity index (χ1v) is 11.4. The van der Waals surface area contributed by atoms with Crippen LogP contribution in [0.2, 0.25) is 0 Å². The Morgan fingerprint density at radius 2 is 1.71 bits per heavy atom. The van der Waals surface area contributed by atoms with Crippen LogP contribution >= 0.6 is 0 Å². The summed E-state index contributed by atoms with van der Waals surface area (Å²) in [4.78, 5) is 35.0. The van der Waals surface area contributed by atoms with Crippen LogP contribution in [0, 0.1) is 16.0 Å². The number of carbonyl (C=O) groups is 2. The summed E-state index contributed by atoms with van der Waals surface area (Å²) in [5.74, 6) is -1.67. The van der Waals surface area contributed by atoms with E-state index < -0.39 is 45.4 Å². The number of hydrogen-bond acceptors (Lipinski definition) is 9. The molecule has 13 heteroatoms. The molecule has 1 amide bonds. The second-order valence-electron chi connectivity index (χ2n) is 7.32. The highest BCUT2D eigenvalue weighted by molar-refractivity contribution is 7.89. The maximum atomic E-state index is 12.7. The number of esters is 1. The molecule has 2 aromatic carbocycles. The number of nitrogens with zero attached hydrogens (tertiary/aromatic N) is 1. The summed E-state index contributed by atoms with van der Waals surface area (Å²) in [6, 6.07) is 7.91. The number of methoxy groups -OCH3 is 2. The number of sulfonamides is 1. The highest BCUT2D eigenvalue weighted by atomic mass is 32.2. The average molecular weight is 496 g/mol. The molecule has 0 aliphatic heterocycles. The Hall–Kier alpha value is -3.71. The first-order chi connectivity index (χ1) is 16.0. The molecule has 0 aliphatic carbocycles. The fourth-order valence-corrected chi connectivity index (χ4v) is 4.09. The van der Waals surface area contributed by atoms with Gasteiger partial charge in [-0.3, -0.25) is 19.7 Å². The molecule has 0 saturated heterocycles. The monoisotopic (exact) mass is 495 g/mol. The number of hydrogen-bond donors (Lipinski definition) is 2. The van der Waals surface area contributed by atoms with Crippen LogP contribution in [-0.2, 0) is 24.3 Å². The molecule has 0 unspecified atom stereocenters. The normalized spacial score (nSPS) is 12.0. The molecule has 0 saturated carbocycles. The van der Waals surface area contributed by atoms with Gasteiger partial charge in [0.05, 0.1) is 35.8 Å². The Kier molecular flexibility index (Phi) is 8.92. The van der Waals surface area contributed by atoms with Crippen LogP contribution in [0.4, 0.5) is 11.4 Å². The SMILES string of the molecule is COc1ccc(S(=O)(=O)N[C@H](C(=O)OCC(=O)Nc2ccc([N+](=O)[O-])cc2OC)C(C)C)cc1. The van der Waals surface area contributed by atoms with Crippen molar-refractivity contribution in [2.75, 3.05) is 26.1 Å². The summed E-state index contributed by atoms with van der Waals surface area (Å²) in [5.41, 5.74) is -0.0973. The lowest BCUT2D eigenvalue weighted by molar-refractivity contribution is -0.384. The van der Waals surface area contributed by atoms with Crippen molar-refractivity contribution in [2.24, 2.45) is 5.92 Å². The van der Waals surface area contributed by atoms with E-state index in [2.05, 4.69) is 10.0 Å². The standard InChI is InChI=1S/C21H25N3O9S/c1-13(2)20(23-34(29,30)16-8-6-15(31-3)7-9-16)21(26)33-12-19(25)22-17-10-5-14(24(27)28)11-18(17)32-4/h5-11,13,20,23H,12H2,1-4H3,(H,22,25)/t20-/m0/s1. The number of anilines is 1. The number of amides is 1. The zero-order valence-electron chi connectivity index (χ0n) is 18.9. The van der Waals surface area contributed by atoms with E-state index in [1.54, 1.807) is 13.8 Å². The lowest BCUT2D eigenvalue weighted by Crippen LogP contribution is -2.45. The van der Waals surface area contributed by atoms with E-state index in [1.807, 2.05) is 0 Å². The van der Waals surface area contributed by atoms with Gasteiger partial charge in [-0.05, 0) is 36.2 Å². The van der Waals surface area contributed by atoms with Gasteiger partial charge in [-0.2, -0.15) is 4.72 Å². The number of nitro groups is 1. The molecule has 2 N–H and O–H groups in total. The van der Waals surface area contributed by atoms with Crippen molar-refractivity contribution in [3.05, 3.63) is 52.6 Å². The van der Waals surface area contributed by atoms with Gasteiger partial charge in [0.1, 0.15) is 17.5 Å². The van der Waals surface area contributed by atoms with Gasteiger partial charge >= 0.3 is 5.97 Å². The highest BCUT2D eigenvalue weighted by Crippen LogP contribution is 2.29. The third-order valence-corrected chi connectivity index (χ3v) is 6.04. The molecule has 0 fully saturated rings. The van der Waals surface area contributed by atoms with Gasteiger partial charge in [0.2, 0.25) is 10.0 Å². The van der Waals surface area contributed by atoms with Crippen molar-refractivity contribution in [3.8, 4) is 11.5 Å². The average Bonchev–Trinajstić information content (AvgIpc) is 2.81. The van der Waals surface area contributed by atoms with Gasteiger partial charge in [0.15, 0.2) is 6.61 Å². The highest BCUT2D eigenvalue weighted by Gasteiger charge is 2.30. The molecule has 0 bridgehead atoms. The number of nitro benzene ring substituents is 1. The zero-order chi connectivity index (χ0) is 25.5. The first-order valence-electron chi connectivity index (χ1n) is 9.93. The van der Waals surface area contributed by atoms with Crippen LogP contribution in [0.15, 0.2) is 47.4 Å². The minimum absolute atomic E-state index is 0.0428. The Morgan fingerprint density at radius 3 is 2.24 bits per heavy atom. The fraction of sp³-hybridized carbons (Fsp3) is 0.333. The van der Waals surface area contributed by atoms with Crippen LogP contribution in [0.3, 0.4) is 0 Å². The van der Waals surface area contributed by atoms with Crippen LogP contribution in [-0.4, -0.2) is 52.1 Å². The molecule has 0 aliphatic rings. The number of rotatable bonds is 11. The second kappa shape index (κ2) is 11.4. The molecule has 2 rings (SSSR count). The van der Waals surface area contributed by atoms with Crippen molar-refractivity contribution in [1.29, 1.82) is 0 Å². The molecule has 34 heavy (non-hydrogen) atoms. The Labute approximate surface area is 196 Å². The number of ether oxygens (including phenoxy) is 3. The van der Waals surface area contributed by atoms with E-state index in [9.17, 15) is 28.1 Å². The van der Waals surface area contributed by atoms with Crippen molar-refractivity contribution in [2.45, 2.75) is 24.8 Å². The maximum Gasteiger partial charge on any atom is 0.324 e. The largest absolute Gasteiger partial charge is 0.497 e. The molecule has 12 nitrogen and oxygen atoms in total. The van der Waals surface area contributed by atoms with Crippen LogP contribution < -0.4 is 19.5 Å². The molecular weight excluding hydrogens is 470 g/mol. The lowest BCUT2D eigenvalue weighted by atomic mass is 10.1. The molecule has 2 aromatic rings. The Morgan fingerprint density at radius 1 is 1.06 bits per heavy atom. The van der Waals surface area contributed by atoms with Crippen LogP contribution in [0.25, 0.3) is 0 Å². The third kappa shape index (κ3) is 6.89. The topological polar surface area (TPSA) is 163 Å². The molecule has 184 valence electrons. The van der Waals surface area contributed by atoms with Crippen molar-refractivity contribution >= 4 is 33.3 Å². The van der Waals surface area contributed by atoms with Gasteiger partial charge in [0, 0.05) is 6.07 Å². The molecule has 0 radical (unpaired) electrons. The van der Waals surface area contributed by atoms with Gasteiger partial charge in [-0.25, -0.2) is 8.42 Å². The van der Waals surface area contributed by atoms with Crippen molar-refractivity contribution in [1.82, 2.24) is 4.72 Å². The summed E-state index contributed by atoms with van der Waals surface area (Å²) in [6.07, 6.45) is 0. The molecule has 0 heterocycles. The maximum absolute atomic E-state index is 12.7. The molecule has 1 atom stereocenters. The summed E-state index contributed by atoms with van der Waals surface area (Å²) in [5, 5.41) is 13.3. The summed E-state index contributed by atoms with van der Waals surface area (Å²) in [6.45, 7) is 2.51. The van der Waals surface area contributed by atoms with E-state index in [1.165, 1.54) is 50.6 Å². The van der Waals surface area contributed by atoms with E-state index in [0.29, 0.717) is 5.75 Å². The fourth-order valence-electron chi connectivity index (χ4n) is 2.76. The summed E-state index contributed by atoms with van der Waals surface area (Å²) < 4.78 is 42.7. The van der Waals surface area contributed by atoms with Crippen LogP contribution in [0.5, 0.6) is 11.5 Å². The molecule has 0 spiro atoms. The third-order valence-electron chi connectivity index (χ3n) is 4.59. The Balaban J connectivity index is 2.04. The zero-order valence-corrected chi connectivity index (χ0v) is 19.7. The Bertz CT molecular complexity index is 1150. The number of benzene rings is 2. The second-order valence-corrected chi connectivity index (χ2v) is 9.03. The minimum atomic E-state index is -4.06. The lowest BCUT2D eigenvalue weighted by Gasteiger charge is -2.21. The summed E-state index contributed by atoms with van der Waals surface area (Å²) >= 11 is 0. The van der Waals surface area contributed by atoms with E-state index in [4.69, 9.17) is 14.2 Å². The van der Waals surface area contributed by atoms with Gasteiger partial charge in [-0.15, -0.1) is 0 Å². The van der Waals surface area contributed by atoms with Gasteiger partial charge in [0.25, 0.3) is 11.6 Å². The van der Waals surface area contributed by atoms with Gasteiger partial charge in [-0.1, -0.05) is 13.8 Å². The number of carbonyl (C=O) groups excluding carboxylic acids is 2. The van der Waals surface area contributed by atoms with E-state index >= 15 is 0 Å². The smallest absolute Gasteiger partial charge is 0.324 e. The number of non-ortho nitro benzene ring substituents is 1. The number of nitrogens with one attached hydrogen (secondary N) is 2. The quantitative estimate of drug-likeness (QED) is 0.270.